The second kappa shape index (κ2) is 5.58. The Morgan fingerprint density at radius 3 is 2.46 bits per heavy atom. The normalized spacial score (nSPS) is 12.1. The topological polar surface area (TPSA) is 52.0 Å². The average molecular weight is 422 g/mol. The zero-order valence-corrected chi connectivity index (χ0v) is 15.3. The van der Waals surface area contributed by atoms with E-state index in [-0.39, 0.29) is 10.0 Å². The summed E-state index contributed by atoms with van der Waals surface area (Å²) in [4.78, 5) is 4.47. The molecule has 2 aromatic carbocycles. The molecule has 0 aliphatic heterocycles. The maximum absolute atomic E-state index is 13.2. The molecule has 24 heavy (non-hydrogen) atoms. The first kappa shape index (κ1) is 15.6. The molecule has 0 amide bonds. The summed E-state index contributed by atoms with van der Waals surface area (Å²) in [6.45, 7) is 0. The molecule has 4 nitrogen and oxygen atoms in total. The van der Waals surface area contributed by atoms with Gasteiger partial charge in [0.25, 0.3) is 10.0 Å². The van der Waals surface area contributed by atoms with Gasteiger partial charge in [0.1, 0.15) is 5.15 Å². The molecule has 2 aromatic heterocycles. The van der Waals surface area contributed by atoms with E-state index >= 15 is 0 Å². The zero-order chi connectivity index (χ0) is 16.9. The molecule has 0 fully saturated rings. The maximum Gasteiger partial charge on any atom is 0.269 e. The third-order valence-electron chi connectivity index (χ3n) is 3.78. The van der Waals surface area contributed by atoms with Gasteiger partial charge >= 0.3 is 0 Å². The van der Waals surface area contributed by atoms with Crippen molar-refractivity contribution in [3.05, 3.63) is 70.3 Å². The average Bonchev–Trinajstić information content (AvgIpc) is 2.89. The van der Waals surface area contributed by atoms with E-state index in [4.69, 9.17) is 11.6 Å². The predicted octanol–water partition coefficient (Wildman–Crippen LogP) is 4.84. The molecule has 7 heteroatoms. The van der Waals surface area contributed by atoms with Crippen molar-refractivity contribution >= 4 is 59.5 Å². The van der Waals surface area contributed by atoms with Crippen LogP contribution in [0, 0.1) is 0 Å². The largest absolute Gasteiger partial charge is 0.269 e. The van der Waals surface area contributed by atoms with Crippen LogP contribution in [0.4, 0.5) is 0 Å². The predicted molar refractivity (Wildman–Crippen MR) is 99.0 cm³/mol. The molecule has 0 saturated heterocycles. The van der Waals surface area contributed by atoms with Gasteiger partial charge in [-0.15, -0.1) is 0 Å². The van der Waals surface area contributed by atoms with E-state index in [1.807, 2.05) is 6.07 Å². The number of nitrogens with zero attached hydrogens (tertiary/aromatic N) is 2. The summed E-state index contributed by atoms with van der Waals surface area (Å²) in [6.07, 6.45) is 0. The van der Waals surface area contributed by atoms with Crippen molar-refractivity contribution < 1.29 is 8.42 Å². The molecule has 0 atom stereocenters. The van der Waals surface area contributed by atoms with Gasteiger partial charge in [0, 0.05) is 15.2 Å². The Bertz CT molecular complexity index is 1190. The highest BCUT2D eigenvalue weighted by atomic mass is 79.9. The fourth-order valence-corrected chi connectivity index (χ4v) is 4.75. The molecule has 0 bridgehead atoms. The van der Waals surface area contributed by atoms with E-state index in [2.05, 4.69) is 20.9 Å². The van der Waals surface area contributed by atoms with Gasteiger partial charge in [-0.1, -0.05) is 45.7 Å². The van der Waals surface area contributed by atoms with Crippen LogP contribution in [0.25, 0.3) is 21.9 Å². The Kier molecular flexibility index (Phi) is 3.63. The van der Waals surface area contributed by atoms with Gasteiger partial charge in [0.05, 0.1) is 10.4 Å². The molecule has 0 aliphatic rings. The molecule has 0 spiro atoms. The SMILES string of the molecule is O=S(=O)(c1ccccc1)n1c2ccc(Br)cc2c2ccc(Cl)nc21. The van der Waals surface area contributed by atoms with Crippen LogP contribution in [-0.4, -0.2) is 17.4 Å². The fraction of sp³-hybridized carbons (Fsp3) is 0. The number of hydrogen-bond acceptors (Lipinski definition) is 3. The molecular weight excluding hydrogens is 412 g/mol. The Labute approximate surface area is 151 Å². The number of halogens is 2. The standard InChI is InChI=1S/C17H10BrClN2O2S/c18-11-6-8-15-14(10-11)13-7-9-16(19)20-17(13)21(15)24(22,23)12-4-2-1-3-5-12/h1-10H. The van der Waals surface area contributed by atoms with Crippen LogP contribution >= 0.6 is 27.5 Å². The molecule has 120 valence electrons. The van der Waals surface area contributed by atoms with Crippen LogP contribution in [0.1, 0.15) is 0 Å². The van der Waals surface area contributed by atoms with Gasteiger partial charge in [-0.3, -0.25) is 0 Å². The lowest BCUT2D eigenvalue weighted by molar-refractivity contribution is 0.590. The van der Waals surface area contributed by atoms with Crippen LogP contribution in [-0.2, 0) is 10.0 Å². The lowest BCUT2D eigenvalue weighted by atomic mass is 10.2. The zero-order valence-electron chi connectivity index (χ0n) is 12.1. The summed E-state index contributed by atoms with van der Waals surface area (Å²) >= 11 is 9.45. The number of pyridine rings is 1. The summed E-state index contributed by atoms with van der Waals surface area (Å²) in [7, 11) is -3.80. The molecule has 2 heterocycles. The van der Waals surface area contributed by atoms with Crippen molar-refractivity contribution in [3.63, 3.8) is 0 Å². The molecule has 0 aliphatic carbocycles. The van der Waals surface area contributed by atoms with Crippen molar-refractivity contribution in [3.8, 4) is 0 Å². The molecule has 0 saturated carbocycles. The lowest BCUT2D eigenvalue weighted by Gasteiger charge is -2.08. The van der Waals surface area contributed by atoms with E-state index in [0.29, 0.717) is 11.2 Å². The van der Waals surface area contributed by atoms with Gasteiger partial charge in [0.2, 0.25) is 0 Å². The summed E-state index contributed by atoms with van der Waals surface area (Å²) in [6, 6.07) is 17.2. The second-order valence-electron chi connectivity index (χ2n) is 5.25. The van der Waals surface area contributed by atoms with Crippen LogP contribution in [0.3, 0.4) is 0 Å². The Morgan fingerprint density at radius 2 is 1.71 bits per heavy atom. The molecule has 0 N–H and O–H groups in total. The fourth-order valence-electron chi connectivity index (χ4n) is 2.75. The number of rotatable bonds is 2. The summed E-state index contributed by atoms with van der Waals surface area (Å²) in [5, 5.41) is 1.77. The van der Waals surface area contributed by atoms with E-state index in [1.54, 1.807) is 54.6 Å². The third kappa shape index (κ3) is 2.33. The van der Waals surface area contributed by atoms with Crippen molar-refractivity contribution in [2.75, 3.05) is 0 Å². The molecular formula is C17H10BrClN2O2S. The minimum atomic E-state index is -3.80. The van der Waals surface area contributed by atoms with Crippen molar-refractivity contribution in [1.29, 1.82) is 0 Å². The molecule has 0 radical (unpaired) electrons. The van der Waals surface area contributed by atoms with Crippen LogP contribution < -0.4 is 0 Å². The minimum Gasteiger partial charge on any atom is -0.217 e. The van der Waals surface area contributed by atoms with Gasteiger partial charge in [0.15, 0.2) is 5.65 Å². The Morgan fingerprint density at radius 1 is 0.958 bits per heavy atom. The Balaban J connectivity index is 2.20. The quantitative estimate of drug-likeness (QED) is 0.435. The highest BCUT2D eigenvalue weighted by Crippen LogP contribution is 2.33. The summed E-state index contributed by atoms with van der Waals surface area (Å²) in [5.74, 6) is 0. The number of benzene rings is 2. The first-order chi connectivity index (χ1) is 11.5. The maximum atomic E-state index is 13.2. The third-order valence-corrected chi connectivity index (χ3v) is 6.20. The highest BCUT2D eigenvalue weighted by molar-refractivity contribution is 9.10. The molecule has 0 unspecified atom stereocenters. The van der Waals surface area contributed by atoms with Gasteiger partial charge in [-0.25, -0.2) is 17.4 Å². The van der Waals surface area contributed by atoms with Crippen LogP contribution in [0.15, 0.2) is 70.0 Å². The second-order valence-corrected chi connectivity index (χ2v) is 8.34. The van der Waals surface area contributed by atoms with E-state index in [1.165, 1.54) is 3.97 Å². The molecule has 4 rings (SSSR count). The monoisotopic (exact) mass is 420 g/mol. The first-order valence-electron chi connectivity index (χ1n) is 7.05. The number of fused-ring (bicyclic) bond motifs is 3. The first-order valence-corrected chi connectivity index (χ1v) is 9.66. The van der Waals surface area contributed by atoms with Crippen molar-refractivity contribution in [1.82, 2.24) is 8.96 Å². The van der Waals surface area contributed by atoms with Crippen molar-refractivity contribution in [2.45, 2.75) is 4.90 Å². The lowest BCUT2D eigenvalue weighted by Crippen LogP contribution is -2.13. The summed E-state index contributed by atoms with van der Waals surface area (Å²) in [5.41, 5.74) is 0.881. The Hall–Kier alpha value is -1.89. The molecule has 4 aromatic rings. The van der Waals surface area contributed by atoms with E-state index in [9.17, 15) is 8.42 Å². The van der Waals surface area contributed by atoms with E-state index < -0.39 is 10.0 Å². The van der Waals surface area contributed by atoms with Gasteiger partial charge in [-0.05, 0) is 42.5 Å². The van der Waals surface area contributed by atoms with E-state index in [0.717, 1.165) is 15.2 Å². The number of hydrogen-bond donors (Lipinski definition) is 0. The van der Waals surface area contributed by atoms with Gasteiger partial charge in [-0.2, -0.15) is 0 Å². The summed E-state index contributed by atoms with van der Waals surface area (Å²) < 4.78 is 28.5. The van der Waals surface area contributed by atoms with Crippen LogP contribution in [0.5, 0.6) is 0 Å². The van der Waals surface area contributed by atoms with Crippen molar-refractivity contribution in [2.24, 2.45) is 0 Å². The van der Waals surface area contributed by atoms with Crippen LogP contribution in [0.2, 0.25) is 5.15 Å². The minimum absolute atomic E-state index is 0.202. The van der Waals surface area contributed by atoms with Gasteiger partial charge < -0.3 is 0 Å². The number of aromatic nitrogens is 2. The highest BCUT2D eigenvalue weighted by Gasteiger charge is 2.24. The smallest absolute Gasteiger partial charge is 0.217 e.